The van der Waals surface area contributed by atoms with Gasteiger partial charge in [0, 0.05) is 48.5 Å². The van der Waals surface area contributed by atoms with Crippen LogP contribution in [-0.4, -0.2) is 8.80 Å². The summed E-state index contributed by atoms with van der Waals surface area (Å²) in [6.45, 7) is 4.63. The molecule has 6 aromatic carbocycles. The molecule has 1 aliphatic rings. The Bertz CT molecular complexity index is 3170. The Morgan fingerprint density at radius 1 is 0.429 bits per heavy atom. The maximum atomic E-state index is 9.90. The molecular formula is C43H20N6. The molecule has 11 rings (SSSR count). The third kappa shape index (κ3) is 2.79. The minimum atomic E-state index is -0.430. The van der Waals surface area contributed by atoms with Crippen molar-refractivity contribution in [2.45, 2.75) is 19.3 Å². The van der Waals surface area contributed by atoms with Crippen molar-refractivity contribution in [2.75, 3.05) is 0 Å². The Kier molecular flexibility index (Phi) is 4.37. The number of fused-ring (bicyclic) bond motifs is 17. The van der Waals surface area contributed by atoms with E-state index in [4.69, 9.17) is 0 Å². The van der Waals surface area contributed by atoms with E-state index in [1.165, 1.54) is 33.0 Å². The van der Waals surface area contributed by atoms with Gasteiger partial charge in [-0.2, -0.15) is 21.0 Å². The van der Waals surface area contributed by atoms with Crippen LogP contribution in [0.4, 0.5) is 0 Å². The van der Waals surface area contributed by atoms with Gasteiger partial charge < -0.3 is 8.80 Å². The zero-order chi connectivity index (χ0) is 33.1. The number of aromatic nitrogens is 2. The van der Waals surface area contributed by atoms with Gasteiger partial charge in [-0.3, -0.25) is 0 Å². The van der Waals surface area contributed by atoms with Crippen LogP contribution in [0.3, 0.4) is 0 Å². The Morgan fingerprint density at radius 3 is 1.10 bits per heavy atom. The molecule has 222 valence electrons. The van der Waals surface area contributed by atoms with E-state index in [1.54, 1.807) is 0 Å². The molecule has 0 N–H and O–H groups in total. The van der Waals surface area contributed by atoms with Crippen molar-refractivity contribution in [1.82, 2.24) is 8.80 Å². The molecule has 4 heterocycles. The summed E-state index contributed by atoms with van der Waals surface area (Å²) in [7, 11) is 0. The molecule has 0 radical (unpaired) electrons. The lowest BCUT2D eigenvalue weighted by atomic mass is 9.78. The minimum Gasteiger partial charge on any atom is -0.308 e. The summed E-state index contributed by atoms with van der Waals surface area (Å²) in [5, 5.41) is 48.3. The van der Waals surface area contributed by atoms with Gasteiger partial charge in [0.2, 0.25) is 0 Å². The van der Waals surface area contributed by atoms with Crippen LogP contribution >= 0.6 is 0 Å². The van der Waals surface area contributed by atoms with Crippen LogP contribution in [0.5, 0.6) is 0 Å². The highest BCUT2D eigenvalue weighted by molar-refractivity contribution is 6.30. The second-order valence-corrected chi connectivity index (χ2v) is 13.8. The molecule has 10 aromatic rings. The summed E-state index contributed by atoms with van der Waals surface area (Å²) >= 11 is 0. The Labute approximate surface area is 278 Å². The first-order chi connectivity index (χ1) is 23.9. The molecule has 0 aliphatic heterocycles. The quantitative estimate of drug-likeness (QED) is 0.168. The lowest BCUT2D eigenvalue weighted by molar-refractivity contribution is 0.673. The SMILES string of the molecule is CC1(C)c2c(cc3c4ccc(C#N)cc4n4c5cc(C#N)ccc5c2c34)-c2cc3c4ccc(C#N)cc4n4c5cc(C#N)ccc5c(c21)c34. The van der Waals surface area contributed by atoms with E-state index >= 15 is 0 Å². The largest absolute Gasteiger partial charge is 0.308 e. The van der Waals surface area contributed by atoms with Crippen molar-refractivity contribution in [2.24, 2.45) is 0 Å². The first kappa shape index (κ1) is 26.0. The highest BCUT2D eigenvalue weighted by Crippen LogP contribution is 2.59. The highest BCUT2D eigenvalue weighted by atomic mass is 14.9. The average molecular weight is 621 g/mol. The predicted molar refractivity (Wildman–Crippen MR) is 192 cm³/mol. The summed E-state index contributed by atoms with van der Waals surface area (Å²) in [4.78, 5) is 0. The highest BCUT2D eigenvalue weighted by Gasteiger charge is 2.42. The Hall–Kier alpha value is -7.12. The van der Waals surface area contributed by atoms with Gasteiger partial charge >= 0.3 is 0 Å². The third-order valence-electron chi connectivity index (χ3n) is 11.2. The monoisotopic (exact) mass is 620 g/mol. The van der Waals surface area contributed by atoms with Crippen LogP contribution < -0.4 is 0 Å². The zero-order valence-electron chi connectivity index (χ0n) is 26.3. The molecule has 0 saturated heterocycles. The average Bonchev–Trinajstić information content (AvgIpc) is 3.89. The number of nitrogens with zero attached hydrogens (tertiary/aromatic N) is 6. The molecule has 0 spiro atoms. The fraction of sp³-hybridized carbons (Fsp3) is 0.0698. The van der Waals surface area contributed by atoms with Crippen LogP contribution in [0, 0.1) is 45.3 Å². The van der Waals surface area contributed by atoms with Crippen molar-refractivity contribution in [1.29, 1.82) is 21.0 Å². The molecule has 0 atom stereocenters. The third-order valence-corrected chi connectivity index (χ3v) is 11.2. The molecule has 6 nitrogen and oxygen atoms in total. The topological polar surface area (TPSA) is 104 Å². The minimum absolute atomic E-state index is 0.430. The second-order valence-electron chi connectivity index (χ2n) is 13.8. The number of nitriles is 4. The first-order valence-electron chi connectivity index (χ1n) is 16.1. The molecule has 4 aromatic heterocycles. The fourth-order valence-corrected chi connectivity index (χ4v) is 9.36. The van der Waals surface area contributed by atoms with Gasteiger partial charge in [-0.15, -0.1) is 0 Å². The zero-order valence-corrected chi connectivity index (χ0v) is 26.3. The van der Waals surface area contributed by atoms with Gasteiger partial charge in [0.1, 0.15) is 0 Å². The molecule has 0 bridgehead atoms. The Morgan fingerprint density at radius 2 is 0.755 bits per heavy atom. The van der Waals surface area contributed by atoms with Gasteiger partial charge in [0.15, 0.2) is 0 Å². The lowest BCUT2D eigenvalue weighted by Crippen LogP contribution is -2.16. The predicted octanol–water partition coefficient (Wildman–Crippen LogP) is 9.78. The van der Waals surface area contributed by atoms with Gasteiger partial charge in [-0.1, -0.05) is 38.1 Å². The maximum absolute atomic E-state index is 9.90. The summed E-state index contributed by atoms with van der Waals surface area (Å²) in [6.07, 6.45) is 0. The molecule has 1 aliphatic carbocycles. The first-order valence-corrected chi connectivity index (χ1v) is 16.1. The number of hydrogen-bond donors (Lipinski definition) is 0. The molecule has 0 fully saturated rings. The number of benzene rings is 6. The van der Waals surface area contributed by atoms with Crippen molar-refractivity contribution in [3.8, 4) is 35.4 Å². The van der Waals surface area contributed by atoms with E-state index in [-0.39, 0.29) is 0 Å². The van der Waals surface area contributed by atoms with Crippen LogP contribution in [0.2, 0.25) is 0 Å². The van der Waals surface area contributed by atoms with Crippen molar-refractivity contribution < 1.29 is 0 Å². The summed E-state index contributed by atoms with van der Waals surface area (Å²) in [6, 6.07) is 37.6. The maximum Gasteiger partial charge on any atom is 0.0992 e. The van der Waals surface area contributed by atoms with Crippen molar-refractivity contribution in [3.05, 3.63) is 118 Å². The molecule has 6 heteroatoms. The van der Waals surface area contributed by atoms with Crippen molar-refractivity contribution in [3.63, 3.8) is 0 Å². The lowest BCUT2D eigenvalue weighted by Gasteiger charge is -2.24. The van der Waals surface area contributed by atoms with E-state index in [1.807, 2.05) is 48.5 Å². The van der Waals surface area contributed by atoms with E-state index in [2.05, 4.69) is 83.3 Å². The smallest absolute Gasteiger partial charge is 0.0992 e. The molecule has 0 amide bonds. The molecular weight excluding hydrogens is 601 g/mol. The number of hydrogen-bond acceptors (Lipinski definition) is 4. The van der Waals surface area contributed by atoms with Gasteiger partial charge in [-0.25, -0.2) is 0 Å². The van der Waals surface area contributed by atoms with Crippen molar-refractivity contribution >= 4 is 76.2 Å². The van der Waals surface area contributed by atoms with Crippen LogP contribution in [-0.2, 0) is 5.41 Å². The summed E-state index contributed by atoms with van der Waals surface area (Å²) in [5.74, 6) is 0. The van der Waals surface area contributed by atoms with Crippen LogP contribution in [0.1, 0.15) is 47.2 Å². The Balaban J connectivity index is 1.40. The fourth-order valence-electron chi connectivity index (χ4n) is 9.36. The molecule has 0 saturated carbocycles. The van der Waals surface area contributed by atoms with Gasteiger partial charge in [0.25, 0.3) is 0 Å². The standard InChI is InChI=1S/C43H20N6/c1-43(2)39-29(15-31-25-7-3-21(17-44)11-33(25)48-35-13-23(19-46)5-9-27(35)37(39)41(31)48)30-16-32-26-8-4-22(18-45)12-34(26)49-36-14-24(20-47)6-10-28(36)38(40(30)43)42(32)49/h3-16H,1-2H3. The normalized spacial score (nSPS) is 13.6. The van der Waals surface area contributed by atoms with Crippen LogP contribution in [0.25, 0.3) is 87.3 Å². The summed E-state index contributed by atoms with van der Waals surface area (Å²) < 4.78 is 4.50. The number of rotatable bonds is 0. The van der Waals surface area contributed by atoms with Gasteiger partial charge in [0.05, 0.1) is 79.6 Å². The van der Waals surface area contributed by atoms with E-state index in [9.17, 15) is 21.0 Å². The van der Waals surface area contributed by atoms with Gasteiger partial charge in [-0.05, 0) is 82.9 Å². The molecule has 0 unspecified atom stereocenters. The second kappa shape index (κ2) is 8.23. The van der Waals surface area contributed by atoms with E-state index in [0.29, 0.717) is 22.3 Å². The summed E-state index contributed by atoms with van der Waals surface area (Å²) in [5.41, 5.74) is 12.8. The van der Waals surface area contributed by atoms with E-state index < -0.39 is 5.41 Å². The van der Waals surface area contributed by atoms with Crippen LogP contribution in [0.15, 0.2) is 84.9 Å². The van der Waals surface area contributed by atoms with E-state index in [0.717, 1.165) is 65.4 Å². The molecule has 49 heavy (non-hydrogen) atoms.